The number of carboxylic acid groups (broad SMARTS) is 1. The molecular formula is C15H14ClFN4O4. The first-order valence-corrected chi connectivity index (χ1v) is 7.81. The van der Waals surface area contributed by atoms with Crippen molar-refractivity contribution in [2.24, 2.45) is 0 Å². The fraction of sp³-hybridized carbons (Fsp3) is 0.333. The smallest absolute Gasteiger partial charge is 0.358 e. The molecule has 2 atom stereocenters. The zero-order valence-electron chi connectivity index (χ0n) is 12.9. The van der Waals surface area contributed by atoms with E-state index in [2.05, 4.69) is 15.6 Å². The fourth-order valence-corrected chi connectivity index (χ4v) is 2.75. The minimum absolute atomic E-state index is 0.0164. The van der Waals surface area contributed by atoms with Gasteiger partial charge in [0.05, 0.1) is 17.3 Å². The molecule has 0 spiro atoms. The molecule has 1 aliphatic heterocycles. The third-order valence-corrected chi connectivity index (χ3v) is 4.08. The van der Waals surface area contributed by atoms with Crippen LogP contribution in [0.15, 0.2) is 24.4 Å². The van der Waals surface area contributed by atoms with Crippen LogP contribution in [0, 0.1) is 5.82 Å². The van der Waals surface area contributed by atoms with Crippen molar-refractivity contribution in [2.75, 3.05) is 6.61 Å². The number of amides is 1. The molecule has 2 N–H and O–H groups in total. The summed E-state index contributed by atoms with van der Waals surface area (Å²) in [6, 6.07) is 4.04. The zero-order chi connectivity index (χ0) is 18.0. The van der Waals surface area contributed by atoms with Gasteiger partial charge in [-0.3, -0.25) is 4.79 Å². The van der Waals surface area contributed by atoms with E-state index in [0.717, 1.165) is 4.68 Å². The number of halogens is 2. The summed E-state index contributed by atoms with van der Waals surface area (Å²) in [5.74, 6) is -2.15. The molecule has 8 nitrogen and oxygen atoms in total. The molecule has 10 heteroatoms. The molecule has 2 aromatic rings. The first-order chi connectivity index (χ1) is 11.9. The lowest BCUT2D eigenvalue weighted by atomic mass is 10.0. The third kappa shape index (κ3) is 3.94. The molecule has 25 heavy (non-hydrogen) atoms. The van der Waals surface area contributed by atoms with Gasteiger partial charge in [0.2, 0.25) is 5.91 Å². The summed E-state index contributed by atoms with van der Waals surface area (Å²) in [5, 5.41) is 18.6. The Kier molecular flexibility index (Phi) is 4.95. The molecule has 0 saturated carbocycles. The Balaban J connectivity index is 1.65. The van der Waals surface area contributed by atoms with Crippen LogP contribution >= 0.6 is 11.6 Å². The molecule has 1 aromatic heterocycles. The molecular weight excluding hydrogens is 355 g/mol. The van der Waals surface area contributed by atoms with Gasteiger partial charge in [-0.2, -0.15) is 0 Å². The Morgan fingerprint density at radius 3 is 2.96 bits per heavy atom. The number of carbonyl (C=O) groups excluding carboxylic acids is 1. The molecule has 1 fully saturated rings. The second-order valence-corrected chi connectivity index (χ2v) is 5.94. The van der Waals surface area contributed by atoms with Gasteiger partial charge in [0.1, 0.15) is 18.5 Å². The van der Waals surface area contributed by atoms with Crippen molar-refractivity contribution < 1.29 is 23.8 Å². The minimum atomic E-state index is -1.22. The highest BCUT2D eigenvalue weighted by Crippen LogP contribution is 2.31. The number of hydrogen-bond acceptors (Lipinski definition) is 5. The molecule has 2 heterocycles. The number of carbonyl (C=O) groups is 2. The number of rotatable bonds is 5. The highest BCUT2D eigenvalue weighted by molar-refractivity contribution is 6.30. The standard InChI is InChI=1S/C15H14ClFN4O4/c16-9-2-1-8(5-10(9)17)14-11(3-4-25-14)18-13(22)7-21-6-12(15(23)24)19-20-21/h1-2,5-6,11,14H,3-4,7H2,(H,18,22)(H,23,24). The van der Waals surface area contributed by atoms with Gasteiger partial charge in [-0.15, -0.1) is 5.10 Å². The first-order valence-electron chi connectivity index (χ1n) is 7.43. The highest BCUT2D eigenvalue weighted by Gasteiger charge is 2.31. The highest BCUT2D eigenvalue weighted by atomic mass is 35.5. The van der Waals surface area contributed by atoms with E-state index in [1.807, 2.05) is 0 Å². The minimum Gasteiger partial charge on any atom is -0.476 e. The molecule has 0 bridgehead atoms. The average molecular weight is 369 g/mol. The van der Waals surface area contributed by atoms with Crippen LogP contribution in [0.3, 0.4) is 0 Å². The van der Waals surface area contributed by atoms with Gasteiger partial charge >= 0.3 is 5.97 Å². The Morgan fingerprint density at radius 2 is 2.28 bits per heavy atom. The summed E-state index contributed by atoms with van der Waals surface area (Å²) >= 11 is 5.68. The van der Waals surface area contributed by atoms with Crippen LogP contribution in [0.1, 0.15) is 28.6 Å². The van der Waals surface area contributed by atoms with E-state index in [9.17, 15) is 14.0 Å². The quantitative estimate of drug-likeness (QED) is 0.826. The molecule has 2 unspecified atom stereocenters. The van der Waals surface area contributed by atoms with Gasteiger partial charge in [0, 0.05) is 6.61 Å². The van der Waals surface area contributed by atoms with E-state index in [0.29, 0.717) is 18.6 Å². The molecule has 0 aliphatic carbocycles. The average Bonchev–Trinajstić information content (AvgIpc) is 3.19. The maximum absolute atomic E-state index is 13.6. The van der Waals surface area contributed by atoms with Crippen LogP contribution < -0.4 is 5.32 Å². The molecule has 132 valence electrons. The predicted molar refractivity (Wildman–Crippen MR) is 83.6 cm³/mol. The van der Waals surface area contributed by atoms with E-state index in [-0.39, 0.29) is 29.2 Å². The fourth-order valence-electron chi connectivity index (χ4n) is 2.63. The number of aromatic nitrogens is 3. The normalized spacial score (nSPS) is 19.8. The lowest BCUT2D eigenvalue weighted by molar-refractivity contribution is -0.123. The number of nitrogens with one attached hydrogen (secondary N) is 1. The number of aromatic carboxylic acids is 1. The summed E-state index contributed by atoms with van der Waals surface area (Å²) in [4.78, 5) is 22.9. The van der Waals surface area contributed by atoms with E-state index in [1.165, 1.54) is 18.3 Å². The Morgan fingerprint density at radius 1 is 1.48 bits per heavy atom. The summed E-state index contributed by atoms with van der Waals surface area (Å²) in [6.07, 6.45) is 1.25. The molecule has 1 aromatic carbocycles. The van der Waals surface area contributed by atoms with Crippen LogP contribution in [0.4, 0.5) is 4.39 Å². The zero-order valence-corrected chi connectivity index (χ0v) is 13.6. The lowest BCUT2D eigenvalue weighted by Crippen LogP contribution is -2.38. The van der Waals surface area contributed by atoms with Crippen molar-refractivity contribution >= 4 is 23.5 Å². The van der Waals surface area contributed by atoms with Crippen molar-refractivity contribution in [1.82, 2.24) is 20.3 Å². The molecule has 1 amide bonds. The second-order valence-electron chi connectivity index (χ2n) is 5.53. The third-order valence-electron chi connectivity index (χ3n) is 3.77. The molecule has 1 aliphatic rings. The van der Waals surface area contributed by atoms with E-state index < -0.39 is 17.9 Å². The van der Waals surface area contributed by atoms with Gasteiger partial charge in [-0.05, 0) is 24.1 Å². The largest absolute Gasteiger partial charge is 0.476 e. The van der Waals surface area contributed by atoms with Crippen LogP contribution in [0.25, 0.3) is 0 Å². The Labute approximate surface area is 146 Å². The second kappa shape index (κ2) is 7.16. The number of hydrogen-bond donors (Lipinski definition) is 2. The summed E-state index contributed by atoms with van der Waals surface area (Å²) < 4.78 is 20.4. The lowest BCUT2D eigenvalue weighted by Gasteiger charge is -2.20. The summed E-state index contributed by atoms with van der Waals surface area (Å²) in [6.45, 7) is 0.241. The maximum atomic E-state index is 13.6. The first kappa shape index (κ1) is 17.3. The van der Waals surface area contributed by atoms with E-state index in [4.69, 9.17) is 21.4 Å². The van der Waals surface area contributed by atoms with Gasteiger partial charge in [-0.25, -0.2) is 13.9 Å². The summed E-state index contributed by atoms with van der Waals surface area (Å²) in [5.41, 5.74) is 0.338. The van der Waals surface area contributed by atoms with Crippen LogP contribution in [0.5, 0.6) is 0 Å². The maximum Gasteiger partial charge on any atom is 0.358 e. The van der Waals surface area contributed by atoms with Gasteiger partial charge in [-0.1, -0.05) is 22.9 Å². The monoisotopic (exact) mass is 368 g/mol. The van der Waals surface area contributed by atoms with Crippen molar-refractivity contribution in [3.05, 3.63) is 46.5 Å². The topological polar surface area (TPSA) is 106 Å². The SMILES string of the molecule is O=C(Cn1cc(C(=O)O)nn1)NC1CCOC1c1ccc(Cl)c(F)c1. The van der Waals surface area contributed by atoms with Gasteiger partial charge in [0.15, 0.2) is 5.69 Å². The molecule has 1 saturated heterocycles. The number of benzene rings is 1. The van der Waals surface area contributed by atoms with E-state index in [1.54, 1.807) is 6.07 Å². The number of ether oxygens (including phenoxy) is 1. The Hall–Kier alpha value is -2.52. The van der Waals surface area contributed by atoms with E-state index >= 15 is 0 Å². The van der Waals surface area contributed by atoms with Crippen LogP contribution in [0.2, 0.25) is 5.02 Å². The van der Waals surface area contributed by atoms with Crippen molar-refractivity contribution in [1.29, 1.82) is 0 Å². The summed E-state index contributed by atoms with van der Waals surface area (Å²) in [7, 11) is 0. The number of nitrogens with zero attached hydrogens (tertiary/aromatic N) is 3. The van der Waals surface area contributed by atoms with Crippen molar-refractivity contribution in [3.8, 4) is 0 Å². The predicted octanol–water partition coefficient (Wildman–Crippen LogP) is 1.42. The van der Waals surface area contributed by atoms with Crippen molar-refractivity contribution in [2.45, 2.75) is 25.1 Å². The number of carboxylic acids is 1. The van der Waals surface area contributed by atoms with Crippen LogP contribution in [-0.4, -0.2) is 44.6 Å². The van der Waals surface area contributed by atoms with Gasteiger partial charge < -0.3 is 15.2 Å². The van der Waals surface area contributed by atoms with Crippen molar-refractivity contribution in [3.63, 3.8) is 0 Å². The Bertz CT molecular complexity index is 813. The van der Waals surface area contributed by atoms with Crippen LogP contribution in [-0.2, 0) is 16.1 Å². The molecule has 3 rings (SSSR count). The molecule has 0 radical (unpaired) electrons. The van der Waals surface area contributed by atoms with Gasteiger partial charge in [0.25, 0.3) is 0 Å².